The van der Waals surface area contributed by atoms with Gasteiger partial charge in [0.05, 0.1) is 6.61 Å². The fraction of sp³-hybridized carbons (Fsp3) is 0.429. The molecule has 1 radical (unpaired) electrons. The van der Waals surface area contributed by atoms with Gasteiger partial charge >= 0.3 is 0 Å². The second-order valence-corrected chi connectivity index (χ2v) is 1.70. The van der Waals surface area contributed by atoms with Gasteiger partial charge in [0.15, 0.2) is 0 Å². The van der Waals surface area contributed by atoms with Gasteiger partial charge in [-0.25, -0.2) is 5.11 Å². The zero-order valence-corrected chi connectivity index (χ0v) is 5.18. The maximum Gasteiger partial charge on any atom is 0.0859 e. The van der Waals surface area contributed by atoms with Crippen LogP contribution in [0.3, 0.4) is 0 Å². The van der Waals surface area contributed by atoms with Crippen molar-refractivity contribution in [1.82, 2.24) is 0 Å². The Kier molecular flexibility index (Phi) is 4.27. The lowest BCUT2D eigenvalue weighted by molar-refractivity contribution is 0.197. The smallest absolute Gasteiger partial charge is 0.0859 e. The lowest BCUT2D eigenvalue weighted by Gasteiger charge is -1.89. The van der Waals surface area contributed by atoms with Gasteiger partial charge in [0.25, 0.3) is 0 Å². The Bertz CT molecular complexity index is 92.6. The first kappa shape index (κ1) is 7.44. The van der Waals surface area contributed by atoms with Crippen molar-refractivity contribution in [2.75, 3.05) is 6.61 Å². The minimum Gasteiger partial charge on any atom is -0.236 e. The second kappa shape index (κ2) is 4.60. The standard InChI is InChI=1S/C7H11O/c1-3-4-7(2)5-6-8/h3-4H,1,5-6H2,2H3/b7-4+. The van der Waals surface area contributed by atoms with Crippen molar-refractivity contribution in [1.29, 1.82) is 0 Å². The Labute approximate surface area is 50.3 Å². The van der Waals surface area contributed by atoms with Crippen LogP contribution in [-0.4, -0.2) is 6.61 Å². The fourth-order valence-corrected chi connectivity index (χ4v) is 0.446. The molecule has 0 rings (SSSR count). The second-order valence-electron chi connectivity index (χ2n) is 1.70. The summed E-state index contributed by atoms with van der Waals surface area (Å²) in [6.45, 7) is 5.42. The lowest BCUT2D eigenvalue weighted by atomic mass is 10.2. The van der Waals surface area contributed by atoms with Crippen LogP contribution in [0.15, 0.2) is 24.3 Å². The van der Waals surface area contributed by atoms with E-state index in [0.717, 1.165) is 5.57 Å². The molecule has 0 saturated heterocycles. The number of hydrogen-bond acceptors (Lipinski definition) is 0. The normalized spacial score (nSPS) is 11.5. The monoisotopic (exact) mass is 111 g/mol. The van der Waals surface area contributed by atoms with Crippen molar-refractivity contribution < 1.29 is 5.11 Å². The molecule has 0 aromatic carbocycles. The predicted octanol–water partition coefficient (Wildman–Crippen LogP) is 1.94. The van der Waals surface area contributed by atoms with E-state index in [1.807, 2.05) is 13.0 Å². The van der Waals surface area contributed by atoms with Crippen molar-refractivity contribution in [3.63, 3.8) is 0 Å². The zero-order valence-electron chi connectivity index (χ0n) is 5.18. The molecule has 0 fully saturated rings. The Morgan fingerprint density at radius 3 is 2.75 bits per heavy atom. The summed E-state index contributed by atoms with van der Waals surface area (Å²) in [5.41, 5.74) is 1.11. The molecule has 0 aliphatic heterocycles. The summed E-state index contributed by atoms with van der Waals surface area (Å²) in [6.07, 6.45) is 4.20. The van der Waals surface area contributed by atoms with Crippen LogP contribution in [0.4, 0.5) is 0 Å². The highest BCUT2D eigenvalue weighted by molar-refractivity contribution is 5.07. The largest absolute Gasteiger partial charge is 0.236 e. The van der Waals surface area contributed by atoms with Gasteiger partial charge in [0, 0.05) is 0 Å². The first-order chi connectivity index (χ1) is 3.81. The van der Waals surface area contributed by atoms with E-state index >= 15 is 0 Å². The van der Waals surface area contributed by atoms with Crippen molar-refractivity contribution in [2.24, 2.45) is 0 Å². The Morgan fingerprint density at radius 2 is 2.38 bits per heavy atom. The molecule has 0 amide bonds. The first-order valence-corrected chi connectivity index (χ1v) is 2.67. The molecule has 0 aromatic heterocycles. The van der Waals surface area contributed by atoms with Gasteiger partial charge in [-0.15, -0.1) is 0 Å². The van der Waals surface area contributed by atoms with Gasteiger partial charge in [-0.1, -0.05) is 24.3 Å². The highest BCUT2D eigenvalue weighted by Gasteiger charge is 1.83. The lowest BCUT2D eigenvalue weighted by Crippen LogP contribution is -1.79. The number of allylic oxidation sites excluding steroid dienone is 2. The van der Waals surface area contributed by atoms with Crippen LogP contribution in [-0.2, 0) is 5.11 Å². The van der Waals surface area contributed by atoms with Crippen LogP contribution in [0.5, 0.6) is 0 Å². The van der Waals surface area contributed by atoms with Gasteiger partial charge < -0.3 is 0 Å². The van der Waals surface area contributed by atoms with E-state index < -0.39 is 0 Å². The molecule has 45 valence electrons. The van der Waals surface area contributed by atoms with E-state index in [9.17, 15) is 5.11 Å². The molecule has 8 heavy (non-hydrogen) atoms. The average Bonchev–Trinajstić information content (AvgIpc) is 1.68. The predicted molar refractivity (Wildman–Crippen MR) is 34.1 cm³/mol. The molecule has 0 bridgehead atoms. The van der Waals surface area contributed by atoms with Crippen LogP contribution in [0, 0.1) is 0 Å². The third-order valence-corrected chi connectivity index (χ3v) is 0.899. The van der Waals surface area contributed by atoms with Gasteiger partial charge in [0.1, 0.15) is 0 Å². The summed E-state index contributed by atoms with van der Waals surface area (Å²) in [4.78, 5) is 0. The van der Waals surface area contributed by atoms with Gasteiger partial charge in [0.2, 0.25) is 0 Å². The summed E-state index contributed by atoms with van der Waals surface area (Å²) in [5, 5.41) is 9.94. The van der Waals surface area contributed by atoms with E-state index in [4.69, 9.17) is 0 Å². The van der Waals surface area contributed by atoms with Crippen LogP contribution in [0.2, 0.25) is 0 Å². The van der Waals surface area contributed by atoms with Crippen LogP contribution < -0.4 is 0 Å². The first-order valence-electron chi connectivity index (χ1n) is 2.67. The minimum atomic E-state index is -0.0177. The maximum absolute atomic E-state index is 9.94. The molecule has 0 spiro atoms. The van der Waals surface area contributed by atoms with E-state index in [0.29, 0.717) is 6.42 Å². The van der Waals surface area contributed by atoms with Gasteiger partial charge in [-0.2, -0.15) is 0 Å². The molecular formula is C7H11O. The van der Waals surface area contributed by atoms with Crippen LogP contribution >= 0.6 is 0 Å². The molecule has 1 nitrogen and oxygen atoms in total. The molecule has 0 atom stereocenters. The molecule has 0 saturated carbocycles. The highest BCUT2D eigenvalue weighted by Crippen LogP contribution is 1.96. The summed E-state index contributed by atoms with van der Waals surface area (Å²) in [6, 6.07) is 0. The molecule has 0 aromatic rings. The maximum atomic E-state index is 9.94. The van der Waals surface area contributed by atoms with E-state index in [1.165, 1.54) is 0 Å². The Balaban J connectivity index is 3.44. The van der Waals surface area contributed by atoms with Crippen LogP contribution in [0.25, 0.3) is 0 Å². The van der Waals surface area contributed by atoms with Crippen LogP contribution in [0.1, 0.15) is 13.3 Å². The average molecular weight is 111 g/mol. The van der Waals surface area contributed by atoms with E-state index in [1.54, 1.807) is 6.08 Å². The quantitative estimate of drug-likeness (QED) is 0.496. The van der Waals surface area contributed by atoms with Gasteiger partial charge in [-0.3, -0.25) is 0 Å². The minimum absolute atomic E-state index is 0.0177. The molecular weight excluding hydrogens is 100 g/mol. The molecule has 0 heterocycles. The summed E-state index contributed by atoms with van der Waals surface area (Å²) >= 11 is 0. The SMILES string of the molecule is C=C/C=C(\C)CC[O]. The van der Waals surface area contributed by atoms with Crippen molar-refractivity contribution >= 4 is 0 Å². The molecule has 1 heteroatoms. The number of rotatable bonds is 3. The topological polar surface area (TPSA) is 19.9 Å². The molecule has 0 aliphatic carbocycles. The van der Waals surface area contributed by atoms with Crippen molar-refractivity contribution in [3.8, 4) is 0 Å². The fourth-order valence-electron chi connectivity index (χ4n) is 0.446. The Hall–Kier alpha value is -0.560. The zero-order chi connectivity index (χ0) is 6.41. The third kappa shape index (κ3) is 3.62. The summed E-state index contributed by atoms with van der Waals surface area (Å²) in [7, 11) is 0. The summed E-state index contributed by atoms with van der Waals surface area (Å²) in [5.74, 6) is 0. The Morgan fingerprint density at radius 1 is 1.75 bits per heavy atom. The molecule has 0 N–H and O–H groups in total. The van der Waals surface area contributed by atoms with Gasteiger partial charge in [-0.05, 0) is 13.3 Å². The number of hydrogen-bond donors (Lipinski definition) is 0. The van der Waals surface area contributed by atoms with E-state index in [2.05, 4.69) is 6.58 Å². The molecule has 0 aliphatic rings. The van der Waals surface area contributed by atoms with Crippen molar-refractivity contribution in [2.45, 2.75) is 13.3 Å². The van der Waals surface area contributed by atoms with E-state index in [-0.39, 0.29) is 6.61 Å². The third-order valence-electron chi connectivity index (χ3n) is 0.899. The van der Waals surface area contributed by atoms with Crippen molar-refractivity contribution in [3.05, 3.63) is 24.3 Å². The summed E-state index contributed by atoms with van der Waals surface area (Å²) < 4.78 is 0. The molecule has 0 unspecified atom stereocenters. The highest BCUT2D eigenvalue weighted by atomic mass is 16.2.